The molecule has 0 amide bonds. The Morgan fingerprint density at radius 2 is 2.21 bits per heavy atom. The maximum absolute atomic E-state index is 10.7. The van der Waals surface area contributed by atoms with Crippen LogP contribution in [0.2, 0.25) is 0 Å². The van der Waals surface area contributed by atoms with Gasteiger partial charge in [-0.25, -0.2) is 0 Å². The number of nitro benzene ring substituents is 1. The third kappa shape index (κ3) is 3.52. The van der Waals surface area contributed by atoms with Gasteiger partial charge >= 0.3 is 0 Å². The quantitative estimate of drug-likeness (QED) is 0.644. The standard InChI is InChI=1S/C13H17BrN2O3/c14-13-8-12(16(18)19)5-4-10(13)9-15(6-7-17)11-2-1-3-11/h4-5,8,11,17H,1-3,6-7,9H2. The van der Waals surface area contributed by atoms with Crippen molar-refractivity contribution in [3.05, 3.63) is 38.3 Å². The molecule has 1 aromatic carbocycles. The topological polar surface area (TPSA) is 66.6 Å². The molecule has 1 saturated carbocycles. The molecule has 1 aromatic rings. The van der Waals surface area contributed by atoms with E-state index in [1.807, 2.05) is 0 Å². The van der Waals surface area contributed by atoms with Gasteiger partial charge in [0.2, 0.25) is 0 Å². The van der Waals surface area contributed by atoms with E-state index in [0.717, 1.165) is 10.0 Å². The summed E-state index contributed by atoms with van der Waals surface area (Å²) in [6, 6.07) is 5.38. The third-order valence-corrected chi connectivity index (χ3v) is 4.34. The number of nitro groups is 1. The molecule has 6 heteroatoms. The van der Waals surface area contributed by atoms with Crippen LogP contribution in [0.25, 0.3) is 0 Å². The molecular formula is C13H17BrN2O3. The van der Waals surface area contributed by atoms with Gasteiger partial charge in [0.15, 0.2) is 0 Å². The van der Waals surface area contributed by atoms with Gasteiger partial charge in [-0.2, -0.15) is 0 Å². The molecular weight excluding hydrogens is 312 g/mol. The summed E-state index contributed by atoms with van der Waals surface area (Å²) in [7, 11) is 0. The van der Waals surface area contributed by atoms with E-state index in [9.17, 15) is 10.1 Å². The van der Waals surface area contributed by atoms with Crippen LogP contribution < -0.4 is 0 Å². The van der Waals surface area contributed by atoms with E-state index in [2.05, 4.69) is 20.8 Å². The van der Waals surface area contributed by atoms with E-state index in [0.29, 0.717) is 19.1 Å². The molecule has 0 saturated heterocycles. The molecule has 1 fully saturated rings. The molecule has 0 atom stereocenters. The van der Waals surface area contributed by atoms with Gasteiger partial charge in [0, 0.05) is 35.7 Å². The monoisotopic (exact) mass is 328 g/mol. The molecule has 0 bridgehead atoms. The summed E-state index contributed by atoms with van der Waals surface area (Å²) in [6.45, 7) is 1.50. The number of hydrogen-bond acceptors (Lipinski definition) is 4. The van der Waals surface area contributed by atoms with Crippen molar-refractivity contribution in [1.29, 1.82) is 0 Å². The van der Waals surface area contributed by atoms with E-state index >= 15 is 0 Å². The average molecular weight is 329 g/mol. The Balaban J connectivity index is 2.09. The van der Waals surface area contributed by atoms with Crippen LogP contribution in [0.3, 0.4) is 0 Å². The molecule has 1 aliphatic rings. The molecule has 104 valence electrons. The van der Waals surface area contributed by atoms with Crippen molar-refractivity contribution in [1.82, 2.24) is 4.90 Å². The van der Waals surface area contributed by atoms with E-state index in [4.69, 9.17) is 5.11 Å². The zero-order valence-corrected chi connectivity index (χ0v) is 12.2. The van der Waals surface area contributed by atoms with Crippen molar-refractivity contribution in [3.63, 3.8) is 0 Å². The lowest BCUT2D eigenvalue weighted by Gasteiger charge is -2.37. The molecule has 0 unspecified atom stereocenters. The zero-order chi connectivity index (χ0) is 13.8. The molecule has 0 aliphatic heterocycles. The summed E-state index contributed by atoms with van der Waals surface area (Å²) >= 11 is 3.39. The van der Waals surface area contributed by atoms with E-state index < -0.39 is 4.92 Å². The fourth-order valence-electron chi connectivity index (χ4n) is 2.27. The average Bonchev–Trinajstić information content (AvgIpc) is 2.29. The maximum Gasteiger partial charge on any atom is 0.270 e. The van der Waals surface area contributed by atoms with Gasteiger partial charge in [-0.1, -0.05) is 22.4 Å². The summed E-state index contributed by atoms with van der Waals surface area (Å²) in [5.74, 6) is 0. The van der Waals surface area contributed by atoms with Crippen molar-refractivity contribution in [2.75, 3.05) is 13.2 Å². The fraction of sp³-hybridized carbons (Fsp3) is 0.538. The first-order valence-electron chi connectivity index (χ1n) is 6.39. The summed E-state index contributed by atoms with van der Waals surface area (Å²) in [4.78, 5) is 12.5. The van der Waals surface area contributed by atoms with Crippen LogP contribution in [0.1, 0.15) is 24.8 Å². The summed E-state index contributed by atoms with van der Waals surface area (Å²) in [5, 5.41) is 19.8. The third-order valence-electron chi connectivity index (χ3n) is 3.60. The second-order valence-electron chi connectivity index (χ2n) is 4.81. The van der Waals surface area contributed by atoms with Gasteiger partial charge < -0.3 is 5.11 Å². The largest absolute Gasteiger partial charge is 0.395 e. The van der Waals surface area contributed by atoms with Crippen LogP contribution in [0, 0.1) is 10.1 Å². The Morgan fingerprint density at radius 3 is 2.68 bits per heavy atom. The molecule has 1 aliphatic carbocycles. The molecule has 5 nitrogen and oxygen atoms in total. The van der Waals surface area contributed by atoms with Gasteiger partial charge in [-0.15, -0.1) is 0 Å². The predicted octanol–water partition coefficient (Wildman–Crippen LogP) is 2.70. The lowest BCUT2D eigenvalue weighted by Crippen LogP contribution is -2.41. The Bertz CT molecular complexity index is 463. The van der Waals surface area contributed by atoms with Crippen molar-refractivity contribution >= 4 is 21.6 Å². The molecule has 0 spiro atoms. The maximum atomic E-state index is 10.7. The smallest absolute Gasteiger partial charge is 0.270 e. The van der Waals surface area contributed by atoms with Crippen molar-refractivity contribution < 1.29 is 10.0 Å². The van der Waals surface area contributed by atoms with Crippen molar-refractivity contribution in [2.45, 2.75) is 31.8 Å². The lowest BCUT2D eigenvalue weighted by molar-refractivity contribution is -0.384. The van der Waals surface area contributed by atoms with Crippen LogP contribution in [0.15, 0.2) is 22.7 Å². The number of benzene rings is 1. The van der Waals surface area contributed by atoms with Crippen molar-refractivity contribution in [2.24, 2.45) is 0 Å². The lowest BCUT2D eigenvalue weighted by atomic mass is 9.91. The molecule has 2 rings (SSSR count). The Labute approximate surface area is 120 Å². The molecule has 19 heavy (non-hydrogen) atoms. The highest BCUT2D eigenvalue weighted by atomic mass is 79.9. The Morgan fingerprint density at radius 1 is 1.47 bits per heavy atom. The predicted molar refractivity (Wildman–Crippen MR) is 75.9 cm³/mol. The number of hydrogen-bond donors (Lipinski definition) is 1. The fourth-order valence-corrected chi connectivity index (χ4v) is 2.76. The number of non-ortho nitro benzene ring substituents is 1. The number of rotatable bonds is 6. The van der Waals surface area contributed by atoms with Crippen molar-refractivity contribution in [3.8, 4) is 0 Å². The minimum absolute atomic E-state index is 0.0907. The van der Waals surface area contributed by atoms with Gasteiger partial charge in [0.05, 0.1) is 11.5 Å². The van der Waals surface area contributed by atoms with E-state index in [1.54, 1.807) is 6.07 Å². The number of nitrogens with zero attached hydrogens (tertiary/aromatic N) is 2. The highest BCUT2D eigenvalue weighted by Crippen LogP contribution is 2.29. The minimum atomic E-state index is -0.397. The van der Waals surface area contributed by atoms with Crippen LogP contribution in [-0.2, 0) is 6.54 Å². The van der Waals surface area contributed by atoms with Gasteiger partial charge in [-0.3, -0.25) is 15.0 Å². The van der Waals surface area contributed by atoms with E-state index in [-0.39, 0.29) is 12.3 Å². The van der Waals surface area contributed by atoms with Crippen LogP contribution in [0.4, 0.5) is 5.69 Å². The number of aliphatic hydroxyl groups is 1. The highest BCUT2D eigenvalue weighted by molar-refractivity contribution is 9.10. The van der Waals surface area contributed by atoms with Gasteiger partial charge in [-0.05, 0) is 24.5 Å². The minimum Gasteiger partial charge on any atom is -0.395 e. The highest BCUT2D eigenvalue weighted by Gasteiger charge is 2.25. The molecule has 0 radical (unpaired) electrons. The first-order valence-corrected chi connectivity index (χ1v) is 7.19. The second kappa shape index (κ2) is 6.45. The van der Waals surface area contributed by atoms with Crippen LogP contribution in [0.5, 0.6) is 0 Å². The van der Waals surface area contributed by atoms with Gasteiger partial charge in [0.1, 0.15) is 0 Å². The van der Waals surface area contributed by atoms with Crippen LogP contribution in [-0.4, -0.2) is 34.1 Å². The Kier molecular flexibility index (Phi) is 4.90. The van der Waals surface area contributed by atoms with Gasteiger partial charge in [0.25, 0.3) is 5.69 Å². The second-order valence-corrected chi connectivity index (χ2v) is 5.67. The Hall–Kier alpha value is -0.980. The first kappa shape index (κ1) is 14.4. The van der Waals surface area contributed by atoms with E-state index in [1.165, 1.54) is 31.4 Å². The SMILES string of the molecule is O=[N+]([O-])c1ccc(CN(CCO)C2CCC2)c(Br)c1. The summed E-state index contributed by atoms with van der Waals surface area (Å²) in [6.07, 6.45) is 3.59. The number of halogens is 1. The molecule has 0 heterocycles. The number of aliphatic hydroxyl groups excluding tert-OH is 1. The zero-order valence-electron chi connectivity index (χ0n) is 10.6. The first-order chi connectivity index (χ1) is 9.11. The normalized spacial score (nSPS) is 15.5. The molecule has 1 N–H and O–H groups in total. The van der Waals surface area contributed by atoms with Crippen LogP contribution >= 0.6 is 15.9 Å². The summed E-state index contributed by atoms with van der Waals surface area (Å²) in [5.41, 5.74) is 1.11. The molecule has 0 aromatic heterocycles. The summed E-state index contributed by atoms with van der Waals surface area (Å²) < 4.78 is 0.754.